The lowest BCUT2D eigenvalue weighted by molar-refractivity contribution is -0.139. The highest BCUT2D eigenvalue weighted by Crippen LogP contribution is 2.33. The average Bonchev–Trinajstić information content (AvgIpc) is 3.49. The number of allylic oxidation sites excluding steroid dienone is 1. The second-order valence-electron chi connectivity index (χ2n) is 8.40. The van der Waals surface area contributed by atoms with E-state index in [9.17, 15) is 9.59 Å². The first-order valence-electron chi connectivity index (χ1n) is 11.7. The van der Waals surface area contributed by atoms with Crippen LogP contribution in [0.2, 0.25) is 0 Å². The van der Waals surface area contributed by atoms with E-state index in [0.717, 1.165) is 20.1 Å². The molecule has 0 spiro atoms. The Bertz CT molecular complexity index is 1750. The van der Waals surface area contributed by atoms with Crippen LogP contribution in [-0.4, -0.2) is 24.3 Å². The molecule has 7 nitrogen and oxygen atoms in total. The standard InChI is InChI=1S/C28H22Br2N2O5S/c1-4-36-27(34)24-15(2)31-28-32(25(24)16-5-8-18(35-3)9-6-16)26(33)23(38-28)14-19-10-12-22(37-19)20-13-17(29)7-11-21(20)30/h5-14,25H,4H2,1-3H3/b23-14+/t25-/m1/s1. The first-order chi connectivity index (χ1) is 18.3. The van der Waals surface area contributed by atoms with Crippen LogP contribution in [0.1, 0.15) is 31.2 Å². The SMILES string of the molecule is CCOC(=O)C1=C(C)N=c2s/c(=C/c3ccc(-c4cc(Br)ccc4Br)o3)c(=O)n2[C@@H]1c1ccc(OC)cc1. The fourth-order valence-electron chi connectivity index (χ4n) is 4.28. The largest absolute Gasteiger partial charge is 0.497 e. The summed E-state index contributed by atoms with van der Waals surface area (Å²) in [6.07, 6.45) is 1.70. The molecule has 1 aliphatic rings. The van der Waals surface area contributed by atoms with Gasteiger partial charge in [-0.15, -0.1) is 0 Å². The Morgan fingerprint density at radius 3 is 2.63 bits per heavy atom. The molecule has 0 amide bonds. The predicted molar refractivity (Wildman–Crippen MR) is 153 cm³/mol. The smallest absolute Gasteiger partial charge is 0.338 e. The average molecular weight is 658 g/mol. The molecule has 194 valence electrons. The van der Waals surface area contributed by atoms with Gasteiger partial charge in [-0.3, -0.25) is 9.36 Å². The van der Waals surface area contributed by atoms with E-state index in [4.69, 9.17) is 13.9 Å². The van der Waals surface area contributed by atoms with Gasteiger partial charge in [-0.1, -0.05) is 55.3 Å². The van der Waals surface area contributed by atoms with Gasteiger partial charge < -0.3 is 13.9 Å². The molecule has 4 aromatic rings. The number of methoxy groups -OCH3 is 1. The highest BCUT2D eigenvalue weighted by Gasteiger charge is 2.33. The second-order valence-corrected chi connectivity index (χ2v) is 11.2. The maximum absolute atomic E-state index is 13.8. The van der Waals surface area contributed by atoms with Crippen molar-refractivity contribution < 1.29 is 18.7 Å². The van der Waals surface area contributed by atoms with Crippen molar-refractivity contribution in [2.45, 2.75) is 19.9 Å². The number of aromatic nitrogens is 1. The Morgan fingerprint density at radius 1 is 1.16 bits per heavy atom. The first-order valence-corrected chi connectivity index (χ1v) is 14.1. The second kappa shape index (κ2) is 10.9. The molecule has 1 atom stereocenters. The van der Waals surface area contributed by atoms with E-state index in [1.165, 1.54) is 11.3 Å². The Morgan fingerprint density at radius 2 is 1.92 bits per heavy atom. The van der Waals surface area contributed by atoms with Crippen LogP contribution in [0.4, 0.5) is 0 Å². The van der Waals surface area contributed by atoms with E-state index in [2.05, 4.69) is 36.9 Å². The summed E-state index contributed by atoms with van der Waals surface area (Å²) in [5, 5.41) is 0. The highest BCUT2D eigenvalue weighted by atomic mass is 79.9. The summed E-state index contributed by atoms with van der Waals surface area (Å²) in [7, 11) is 1.58. The van der Waals surface area contributed by atoms with Gasteiger partial charge in [0.25, 0.3) is 5.56 Å². The Labute approximate surface area is 239 Å². The number of ether oxygens (including phenoxy) is 2. The van der Waals surface area contributed by atoms with Crippen molar-refractivity contribution in [1.82, 2.24) is 4.57 Å². The van der Waals surface area contributed by atoms with Gasteiger partial charge in [-0.05, 0) is 61.9 Å². The van der Waals surface area contributed by atoms with Gasteiger partial charge >= 0.3 is 5.97 Å². The Kier molecular flexibility index (Phi) is 7.56. The van der Waals surface area contributed by atoms with Crippen LogP contribution >= 0.6 is 43.2 Å². The van der Waals surface area contributed by atoms with Gasteiger partial charge in [0.1, 0.15) is 17.3 Å². The molecular formula is C28H22Br2N2O5S. The fourth-order valence-corrected chi connectivity index (χ4v) is 6.11. The van der Waals surface area contributed by atoms with Gasteiger partial charge in [-0.25, -0.2) is 9.79 Å². The molecule has 2 aromatic heterocycles. The van der Waals surface area contributed by atoms with E-state index in [1.54, 1.807) is 43.7 Å². The number of halogens is 2. The third-order valence-corrected chi connectivity index (χ3v) is 8.21. The van der Waals surface area contributed by atoms with Crippen molar-refractivity contribution in [1.29, 1.82) is 0 Å². The molecule has 0 bridgehead atoms. The van der Waals surface area contributed by atoms with Crippen molar-refractivity contribution in [3.63, 3.8) is 0 Å². The lowest BCUT2D eigenvalue weighted by atomic mass is 9.96. The first kappa shape index (κ1) is 26.4. The number of thiazole rings is 1. The lowest BCUT2D eigenvalue weighted by Crippen LogP contribution is -2.39. The number of carbonyl (C=O) groups excluding carboxylic acids is 1. The summed E-state index contributed by atoms with van der Waals surface area (Å²) in [5.41, 5.74) is 2.20. The molecular weight excluding hydrogens is 636 g/mol. The molecule has 3 heterocycles. The van der Waals surface area contributed by atoms with E-state index in [-0.39, 0.29) is 12.2 Å². The van der Waals surface area contributed by atoms with Crippen LogP contribution in [0.5, 0.6) is 5.75 Å². The molecule has 10 heteroatoms. The molecule has 5 rings (SSSR count). The number of hydrogen-bond acceptors (Lipinski definition) is 7. The molecule has 2 aromatic carbocycles. The van der Waals surface area contributed by atoms with Crippen molar-refractivity contribution in [3.8, 4) is 17.1 Å². The quantitative estimate of drug-likeness (QED) is 0.253. The van der Waals surface area contributed by atoms with Crippen molar-refractivity contribution in [2.24, 2.45) is 4.99 Å². The van der Waals surface area contributed by atoms with Gasteiger partial charge in [0.15, 0.2) is 4.80 Å². The van der Waals surface area contributed by atoms with Crippen molar-refractivity contribution in [2.75, 3.05) is 13.7 Å². The summed E-state index contributed by atoms with van der Waals surface area (Å²) in [6.45, 7) is 3.72. The minimum absolute atomic E-state index is 0.213. The fraction of sp³-hybridized carbons (Fsp3) is 0.179. The van der Waals surface area contributed by atoms with Crippen LogP contribution < -0.4 is 19.6 Å². The lowest BCUT2D eigenvalue weighted by Gasteiger charge is -2.24. The van der Waals surface area contributed by atoms with E-state index in [1.807, 2.05) is 42.5 Å². The maximum Gasteiger partial charge on any atom is 0.338 e. The Balaban J connectivity index is 1.64. The maximum atomic E-state index is 13.8. The summed E-state index contributed by atoms with van der Waals surface area (Å²) in [5.74, 6) is 1.36. The number of nitrogens with zero attached hydrogens (tertiary/aromatic N) is 2. The molecule has 38 heavy (non-hydrogen) atoms. The number of fused-ring (bicyclic) bond motifs is 1. The van der Waals surface area contributed by atoms with Crippen LogP contribution in [0.25, 0.3) is 17.4 Å². The van der Waals surface area contributed by atoms with E-state index >= 15 is 0 Å². The van der Waals surface area contributed by atoms with Gasteiger partial charge in [0.2, 0.25) is 0 Å². The molecule has 1 aliphatic heterocycles. The number of furan rings is 1. The minimum Gasteiger partial charge on any atom is -0.497 e. The van der Waals surface area contributed by atoms with Crippen LogP contribution in [0, 0.1) is 0 Å². The third-order valence-electron chi connectivity index (χ3n) is 6.04. The van der Waals surface area contributed by atoms with Crippen LogP contribution in [0.3, 0.4) is 0 Å². The number of benzene rings is 2. The number of carbonyl (C=O) groups is 1. The summed E-state index contributed by atoms with van der Waals surface area (Å²) < 4.78 is 20.5. The number of esters is 1. The molecule has 0 aliphatic carbocycles. The zero-order valence-electron chi connectivity index (χ0n) is 20.7. The molecule has 0 radical (unpaired) electrons. The molecule has 0 unspecified atom stereocenters. The topological polar surface area (TPSA) is 83.0 Å². The van der Waals surface area contributed by atoms with E-state index in [0.29, 0.717) is 37.9 Å². The van der Waals surface area contributed by atoms with Crippen LogP contribution in [-0.2, 0) is 9.53 Å². The summed E-state index contributed by atoms with van der Waals surface area (Å²) >= 11 is 8.30. The monoisotopic (exact) mass is 656 g/mol. The summed E-state index contributed by atoms with van der Waals surface area (Å²) in [6, 6.07) is 16.1. The number of hydrogen-bond donors (Lipinski definition) is 0. The van der Waals surface area contributed by atoms with Gasteiger partial charge in [0.05, 0.1) is 35.6 Å². The summed E-state index contributed by atoms with van der Waals surface area (Å²) in [4.78, 5) is 31.9. The van der Waals surface area contributed by atoms with Crippen molar-refractivity contribution >= 4 is 55.2 Å². The molecule has 0 saturated carbocycles. The molecule has 0 N–H and O–H groups in total. The van der Waals surface area contributed by atoms with Crippen molar-refractivity contribution in [3.05, 3.63) is 106 Å². The highest BCUT2D eigenvalue weighted by molar-refractivity contribution is 9.11. The predicted octanol–water partition coefficient (Wildman–Crippen LogP) is 5.59. The van der Waals surface area contributed by atoms with Gasteiger partial charge in [0, 0.05) is 20.6 Å². The van der Waals surface area contributed by atoms with E-state index < -0.39 is 12.0 Å². The van der Waals surface area contributed by atoms with Crippen LogP contribution in [0.15, 0.2) is 89.0 Å². The molecule has 0 fully saturated rings. The minimum atomic E-state index is -0.692. The third kappa shape index (κ3) is 4.95. The number of rotatable bonds is 6. The zero-order valence-corrected chi connectivity index (χ0v) is 24.6. The van der Waals surface area contributed by atoms with Gasteiger partial charge in [-0.2, -0.15) is 0 Å². The molecule has 0 saturated heterocycles. The Hall–Kier alpha value is -3.21. The zero-order chi connectivity index (χ0) is 27.0. The normalized spacial score (nSPS) is 15.3.